The first-order valence-corrected chi connectivity index (χ1v) is 8.24. The van der Waals surface area contributed by atoms with Crippen molar-refractivity contribution in [1.29, 1.82) is 0 Å². The van der Waals surface area contributed by atoms with Gasteiger partial charge < -0.3 is 5.32 Å². The largest absolute Gasteiger partial charge is 0.312 e. The quantitative estimate of drug-likeness (QED) is 0.817. The lowest BCUT2D eigenvalue weighted by Gasteiger charge is -2.29. The Hall–Kier alpha value is -0.820. The lowest BCUT2D eigenvalue weighted by Crippen LogP contribution is -2.41. The molecule has 0 heterocycles. The predicted molar refractivity (Wildman–Crippen MR) is 88.1 cm³/mol. The van der Waals surface area contributed by atoms with Crippen LogP contribution in [-0.4, -0.2) is 12.1 Å². The summed E-state index contributed by atoms with van der Waals surface area (Å²) in [4.78, 5) is 0. The second-order valence-corrected chi connectivity index (χ2v) is 7.63. The zero-order chi connectivity index (χ0) is 14.6. The van der Waals surface area contributed by atoms with Crippen LogP contribution in [0.3, 0.4) is 0 Å². The average molecular weight is 273 g/mol. The van der Waals surface area contributed by atoms with Gasteiger partial charge in [-0.3, -0.25) is 0 Å². The number of benzene rings is 1. The Bertz CT molecular complexity index is 410. The molecule has 1 aliphatic carbocycles. The molecule has 0 saturated heterocycles. The number of aryl methyl sites for hydroxylation is 1. The Morgan fingerprint density at radius 1 is 1.20 bits per heavy atom. The van der Waals surface area contributed by atoms with Gasteiger partial charge in [0, 0.05) is 5.54 Å². The van der Waals surface area contributed by atoms with E-state index in [1.807, 2.05) is 0 Å². The van der Waals surface area contributed by atoms with Crippen molar-refractivity contribution in [2.45, 2.75) is 65.3 Å². The Morgan fingerprint density at radius 3 is 2.50 bits per heavy atom. The molecule has 1 aliphatic rings. The minimum absolute atomic E-state index is 0.226. The first kappa shape index (κ1) is 15.6. The van der Waals surface area contributed by atoms with Gasteiger partial charge in [0.25, 0.3) is 0 Å². The van der Waals surface area contributed by atoms with Gasteiger partial charge in [0.2, 0.25) is 0 Å². The maximum absolute atomic E-state index is 3.73. The SMILES string of the molecule is Cc1cccc(CC(CNC(C)(C)C)C2CCCC2)c1. The van der Waals surface area contributed by atoms with Crippen LogP contribution >= 0.6 is 0 Å². The minimum atomic E-state index is 0.226. The molecule has 0 bridgehead atoms. The molecular weight excluding hydrogens is 242 g/mol. The van der Waals surface area contributed by atoms with Crippen LogP contribution in [0.1, 0.15) is 57.6 Å². The van der Waals surface area contributed by atoms with Crippen molar-refractivity contribution in [1.82, 2.24) is 5.32 Å². The molecule has 1 heteroatoms. The van der Waals surface area contributed by atoms with E-state index in [9.17, 15) is 0 Å². The fourth-order valence-electron chi connectivity index (χ4n) is 3.41. The van der Waals surface area contributed by atoms with E-state index in [0.717, 1.165) is 18.4 Å². The summed E-state index contributed by atoms with van der Waals surface area (Å²) in [5, 5.41) is 3.73. The van der Waals surface area contributed by atoms with Gasteiger partial charge >= 0.3 is 0 Å². The second-order valence-electron chi connectivity index (χ2n) is 7.63. The minimum Gasteiger partial charge on any atom is -0.312 e. The van der Waals surface area contributed by atoms with Gasteiger partial charge in [-0.05, 0) is 58.1 Å². The molecule has 1 saturated carbocycles. The molecule has 1 unspecified atom stereocenters. The van der Waals surface area contributed by atoms with Gasteiger partial charge in [-0.15, -0.1) is 0 Å². The third-order valence-electron chi connectivity index (χ3n) is 4.54. The fourth-order valence-corrected chi connectivity index (χ4v) is 3.41. The monoisotopic (exact) mass is 273 g/mol. The van der Waals surface area contributed by atoms with E-state index in [-0.39, 0.29) is 5.54 Å². The molecule has 0 amide bonds. The normalized spacial score (nSPS) is 18.4. The van der Waals surface area contributed by atoms with Gasteiger partial charge in [-0.25, -0.2) is 0 Å². The average Bonchev–Trinajstić information content (AvgIpc) is 2.87. The third kappa shape index (κ3) is 4.94. The number of nitrogens with one attached hydrogen (secondary N) is 1. The summed E-state index contributed by atoms with van der Waals surface area (Å²) in [7, 11) is 0. The zero-order valence-corrected chi connectivity index (χ0v) is 13.7. The van der Waals surface area contributed by atoms with Crippen LogP contribution in [0.4, 0.5) is 0 Å². The Morgan fingerprint density at radius 2 is 1.90 bits per heavy atom. The standard InChI is InChI=1S/C19H31N/c1-15-8-7-9-16(12-15)13-18(14-20-19(2,3)4)17-10-5-6-11-17/h7-9,12,17-18,20H,5-6,10-11,13-14H2,1-4H3. The number of rotatable bonds is 5. The molecule has 0 aliphatic heterocycles. The van der Waals surface area contributed by atoms with E-state index in [1.165, 1.54) is 43.2 Å². The van der Waals surface area contributed by atoms with E-state index >= 15 is 0 Å². The van der Waals surface area contributed by atoms with Crippen molar-refractivity contribution in [2.75, 3.05) is 6.54 Å². The van der Waals surface area contributed by atoms with Crippen molar-refractivity contribution in [3.05, 3.63) is 35.4 Å². The summed E-state index contributed by atoms with van der Waals surface area (Å²) in [6, 6.07) is 9.06. The van der Waals surface area contributed by atoms with Crippen molar-refractivity contribution < 1.29 is 0 Å². The van der Waals surface area contributed by atoms with Crippen molar-refractivity contribution in [3.63, 3.8) is 0 Å². The summed E-state index contributed by atoms with van der Waals surface area (Å²) >= 11 is 0. The van der Waals surface area contributed by atoms with Gasteiger partial charge in [-0.2, -0.15) is 0 Å². The first-order valence-electron chi connectivity index (χ1n) is 8.24. The molecule has 2 rings (SSSR count). The highest BCUT2D eigenvalue weighted by Crippen LogP contribution is 2.33. The maximum atomic E-state index is 3.73. The molecule has 0 radical (unpaired) electrons. The molecule has 1 atom stereocenters. The lowest BCUT2D eigenvalue weighted by atomic mass is 9.84. The molecule has 20 heavy (non-hydrogen) atoms. The summed E-state index contributed by atoms with van der Waals surface area (Å²) in [5.74, 6) is 1.71. The van der Waals surface area contributed by atoms with Gasteiger partial charge in [0.15, 0.2) is 0 Å². The van der Waals surface area contributed by atoms with Crippen LogP contribution in [0.25, 0.3) is 0 Å². The van der Waals surface area contributed by atoms with Gasteiger partial charge in [-0.1, -0.05) is 55.5 Å². The van der Waals surface area contributed by atoms with Crippen LogP contribution in [0, 0.1) is 18.8 Å². The van der Waals surface area contributed by atoms with Crippen molar-refractivity contribution >= 4 is 0 Å². The highest BCUT2D eigenvalue weighted by molar-refractivity contribution is 5.22. The molecule has 0 aromatic heterocycles. The van der Waals surface area contributed by atoms with E-state index in [0.29, 0.717) is 0 Å². The summed E-state index contributed by atoms with van der Waals surface area (Å²) in [6.07, 6.45) is 6.97. The maximum Gasteiger partial charge on any atom is 0.00966 e. The highest BCUT2D eigenvalue weighted by Gasteiger charge is 2.26. The molecular formula is C19H31N. The Labute approximate surface area is 125 Å². The molecule has 1 aromatic rings. The van der Waals surface area contributed by atoms with Crippen LogP contribution in [0.15, 0.2) is 24.3 Å². The van der Waals surface area contributed by atoms with Gasteiger partial charge in [0.1, 0.15) is 0 Å². The lowest BCUT2D eigenvalue weighted by molar-refractivity contribution is 0.286. The number of hydrogen-bond donors (Lipinski definition) is 1. The summed E-state index contributed by atoms with van der Waals surface area (Å²) < 4.78 is 0. The summed E-state index contributed by atoms with van der Waals surface area (Å²) in [6.45, 7) is 10.2. The summed E-state index contributed by atoms with van der Waals surface area (Å²) in [5.41, 5.74) is 3.12. The third-order valence-corrected chi connectivity index (χ3v) is 4.54. The highest BCUT2D eigenvalue weighted by atomic mass is 14.9. The van der Waals surface area contributed by atoms with Crippen LogP contribution in [-0.2, 0) is 6.42 Å². The Balaban J connectivity index is 2.01. The van der Waals surface area contributed by atoms with E-state index in [4.69, 9.17) is 0 Å². The second kappa shape index (κ2) is 6.76. The van der Waals surface area contributed by atoms with Gasteiger partial charge in [0.05, 0.1) is 0 Å². The molecule has 1 fully saturated rings. The number of hydrogen-bond acceptors (Lipinski definition) is 1. The molecule has 1 N–H and O–H groups in total. The van der Waals surface area contributed by atoms with Crippen molar-refractivity contribution in [3.8, 4) is 0 Å². The first-order chi connectivity index (χ1) is 9.44. The smallest absolute Gasteiger partial charge is 0.00966 e. The van der Waals surface area contributed by atoms with Crippen LogP contribution < -0.4 is 5.32 Å². The predicted octanol–water partition coefficient (Wildman–Crippen LogP) is 4.73. The zero-order valence-electron chi connectivity index (χ0n) is 13.7. The van der Waals surface area contributed by atoms with E-state index in [1.54, 1.807) is 0 Å². The van der Waals surface area contributed by atoms with Crippen LogP contribution in [0.2, 0.25) is 0 Å². The topological polar surface area (TPSA) is 12.0 Å². The van der Waals surface area contributed by atoms with E-state index in [2.05, 4.69) is 57.3 Å². The van der Waals surface area contributed by atoms with E-state index < -0.39 is 0 Å². The van der Waals surface area contributed by atoms with Crippen LogP contribution in [0.5, 0.6) is 0 Å². The molecule has 1 nitrogen and oxygen atoms in total. The Kier molecular flexibility index (Phi) is 5.26. The molecule has 1 aromatic carbocycles. The van der Waals surface area contributed by atoms with Crippen molar-refractivity contribution in [2.24, 2.45) is 11.8 Å². The molecule has 0 spiro atoms. The fraction of sp³-hybridized carbons (Fsp3) is 0.684. The molecule has 112 valence electrons.